The summed E-state index contributed by atoms with van der Waals surface area (Å²) in [6, 6.07) is 6.37. The lowest BCUT2D eigenvalue weighted by atomic mass is 10.3. The molecule has 0 fully saturated rings. The maximum atomic E-state index is 11.6. The summed E-state index contributed by atoms with van der Waals surface area (Å²) in [6.07, 6.45) is 4.39. The number of hydrogen-bond acceptors (Lipinski definition) is 5. The van der Waals surface area contributed by atoms with Crippen molar-refractivity contribution in [2.24, 2.45) is 5.10 Å². The second-order valence-corrected chi connectivity index (χ2v) is 4.56. The van der Waals surface area contributed by atoms with Gasteiger partial charge in [0, 0.05) is 17.3 Å². The van der Waals surface area contributed by atoms with Gasteiger partial charge >= 0.3 is 5.97 Å². The topological polar surface area (TPSA) is 91.7 Å². The molecule has 2 aromatic rings. The Kier molecular flexibility index (Phi) is 3.99. The van der Waals surface area contributed by atoms with Gasteiger partial charge in [0.15, 0.2) is 0 Å². The van der Waals surface area contributed by atoms with Gasteiger partial charge in [-0.25, -0.2) is 10.2 Å². The highest BCUT2D eigenvalue weighted by molar-refractivity contribution is 7.15. The van der Waals surface area contributed by atoms with Crippen molar-refractivity contribution in [1.29, 1.82) is 0 Å². The first-order chi connectivity index (χ1) is 9.16. The third-order valence-electron chi connectivity index (χ3n) is 2.12. The molecule has 6 nitrogen and oxygen atoms in total. The molecule has 0 saturated carbocycles. The summed E-state index contributed by atoms with van der Waals surface area (Å²) in [7, 11) is 0. The molecule has 0 radical (unpaired) electrons. The van der Waals surface area contributed by atoms with E-state index in [9.17, 15) is 9.59 Å². The Bertz CT molecular complexity index is 622. The summed E-state index contributed by atoms with van der Waals surface area (Å²) < 4.78 is 0. The first kappa shape index (κ1) is 12.9. The van der Waals surface area contributed by atoms with Crippen molar-refractivity contribution >= 4 is 29.4 Å². The van der Waals surface area contributed by atoms with Gasteiger partial charge in [-0.3, -0.25) is 9.78 Å². The average Bonchev–Trinajstić information content (AvgIpc) is 2.89. The number of hydrazone groups is 1. The number of carboxylic acids is 1. The van der Waals surface area contributed by atoms with Gasteiger partial charge in [0.05, 0.1) is 11.8 Å². The molecular formula is C12H9N3O3S. The van der Waals surface area contributed by atoms with Crippen LogP contribution >= 0.6 is 11.3 Å². The average molecular weight is 275 g/mol. The van der Waals surface area contributed by atoms with Crippen LogP contribution in [0.4, 0.5) is 0 Å². The van der Waals surface area contributed by atoms with Crippen molar-refractivity contribution in [1.82, 2.24) is 10.4 Å². The molecule has 2 heterocycles. The summed E-state index contributed by atoms with van der Waals surface area (Å²) in [5, 5.41) is 12.5. The first-order valence-corrected chi connectivity index (χ1v) is 6.05. The fraction of sp³-hybridized carbons (Fsp3) is 0. The second kappa shape index (κ2) is 5.87. The molecule has 0 spiro atoms. The summed E-state index contributed by atoms with van der Waals surface area (Å²) in [4.78, 5) is 26.9. The van der Waals surface area contributed by atoms with E-state index in [4.69, 9.17) is 5.11 Å². The first-order valence-electron chi connectivity index (χ1n) is 5.23. The third kappa shape index (κ3) is 3.46. The van der Waals surface area contributed by atoms with Gasteiger partial charge in [0.25, 0.3) is 5.91 Å². The van der Waals surface area contributed by atoms with Gasteiger partial charge in [-0.2, -0.15) is 5.10 Å². The Morgan fingerprint density at radius 3 is 2.84 bits per heavy atom. The summed E-state index contributed by atoms with van der Waals surface area (Å²) in [6.45, 7) is 0. The number of aromatic nitrogens is 1. The maximum Gasteiger partial charge on any atom is 0.345 e. The van der Waals surface area contributed by atoms with Crippen molar-refractivity contribution in [3.8, 4) is 0 Å². The fourth-order valence-electron chi connectivity index (χ4n) is 1.25. The number of hydrogen-bond donors (Lipinski definition) is 2. The van der Waals surface area contributed by atoms with Crippen molar-refractivity contribution in [2.45, 2.75) is 0 Å². The number of nitrogens with zero attached hydrogens (tertiary/aromatic N) is 2. The highest BCUT2D eigenvalue weighted by Crippen LogP contribution is 2.14. The molecule has 0 aromatic carbocycles. The molecule has 0 aliphatic rings. The monoisotopic (exact) mass is 275 g/mol. The second-order valence-electron chi connectivity index (χ2n) is 3.45. The zero-order chi connectivity index (χ0) is 13.7. The van der Waals surface area contributed by atoms with Crippen molar-refractivity contribution in [2.75, 3.05) is 0 Å². The Hall–Kier alpha value is -2.54. The number of nitrogens with one attached hydrogen (secondary N) is 1. The predicted octanol–water partition coefficient (Wildman–Crippen LogP) is 1.61. The number of pyridine rings is 1. The van der Waals surface area contributed by atoms with Gasteiger partial charge in [-0.1, -0.05) is 0 Å². The Balaban J connectivity index is 1.96. The lowest BCUT2D eigenvalue weighted by Crippen LogP contribution is -2.17. The van der Waals surface area contributed by atoms with E-state index in [0.717, 1.165) is 11.3 Å². The number of rotatable bonds is 4. The Labute approximate surface area is 112 Å². The lowest BCUT2D eigenvalue weighted by molar-refractivity contribution is 0.0702. The molecule has 7 heteroatoms. The van der Waals surface area contributed by atoms with E-state index in [2.05, 4.69) is 15.5 Å². The SMILES string of the molecule is O=C(NN=Cc1ccc(C(=O)O)s1)c1cccnc1. The molecular weight excluding hydrogens is 266 g/mol. The lowest BCUT2D eigenvalue weighted by Gasteiger charge is -1.97. The van der Waals surface area contributed by atoms with E-state index < -0.39 is 5.97 Å². The highest BCUT2D eigenvalue weighted by atomic mass is 32.1. The van der Waals surface area contributed by atoms with Gasteiger partial charge in [-0.15, -0.1) is 11.3 Å². The van der Waals surface area contributed by atoms with Crippen LogP contribution in [0.1, 0.15) is 24.9 Å². The largest absolute Gasteiger partial charge is 0.477 e. The van der Waals surface area contributed by atoms with Crippen LogP contribution in [0.5, 0.6) is 0 Å². The quantitative estimate of drug-likeness (QED) is 0.655. The van der Waals surface area contributed by atoms with Crippen LogP contribution in [-0.4, -0.2) is 28.2 Å². The van der Waals surface area contributed by atoms with Gasteiger partial charge in [0.1, 0.15) is 4.88 Å². The maximum absolute atomic E-state index is 11.6. The zero-order valence-corrected chi connectivity index (χ0v) is 10.4. The predicted molar refractivity (Wildman–Crippen MR) is 70.6 cm³/mol. The van der Waals surface area contributed by atoms with Crippen molar-refractivity contribution in [3.63, 3.8) is 0 Å². The number of thiophene rings is 1. The van der Waals surface area contributed by atoms with E-state index in [1.54, 1.807) is 24.4 Å². The van der Waals surface area contributed by atoms with Crippen molar-refractivity contribution in [3.05, 3.63) is 52.0 Å². The Morgan fingerprint density at radius 1 is 1.37 bits per heavy atom. The van der Waals surface area contributed by atoms with Crippen LogP contribution in [0, 0.1) is 0 Å². The minimum absolute atomic E-state index is 0.222. The zero-order valence-electron chi connectivity index (χ0n) is 9.61. The van der Waals surface area contributed by atoms with Crippen molar-refractivity contribution < 1.29 is 14.7 Å². The highest BCUT2D eigenvalue weighted by Gasteiger charge is 2.06. The van der Waals surface area contributed by atoms with E-state index in [1.807, 2.05) is 0 Å². The third-order valence-corrected chi connectivity index (χ3v) is 3.13. The number of carbonyl (C=O) groups excluding carboxylic acids is 1. The van der Waals surface area contributed by atoms with E-state index in [1.165, 1.54) is 18.5 Å². The summed E-state index contributed by atoms with van der Waals surface area (Å²) in [5.74, 6) is -1.36. The van der Waals surface area contributed by atoms with Crippen LogP contribution < -0.4 is 5.43 Å². The van der Waals surface area contributed by atoms with Crippen LogP contribution in [0.2, 0.25) is 0 Å². The van der Waals surface area contributed by atoms with E-state index >= 15 is 0 Å². The molecule has 0 bridgehead atoms. The molecule has 0 saturated heterocycles. The standard InChI is InChI=1S/C12H9N3O3S/c16-11(8-2-1-5-13-6-8)15-14-7-9-3-4-10(19-9)12(17)18/h1-7H,(H,15,16)(H,17,18). The molecule has 0 atom stereocenters. The molecule has 0 aliphatic heterocycles. The smallest absolute Gasteiger partial charge is 0.345 e. The van der Waals surface area contributed by atoms with Crippen LogP contribution in [0.25, 0.3) is 0 Å². The normalized spacial score (nSPS) is 10.5. The Morgan fingerprint density at radius 2 is 2.21 bits per heavy atom. The number of aromatic carboxylic acids is 1. The number of amides is 1. The minimum Gasteiger partial charge on any atom is -0.477 e. The van der Waals surface area contributed by atoms with Crippen LogP contribution in [-0.2, 0) is 0 Å². The van der Waals surface area contributed by atoms with E-state index in [0.29, 0.717) is 10.4 Å². The molecule has 0 unspecified atom stereocenters. The fourth-order valence-corrected chi connectivity index (χ4v) is 1.97. The minimum atomic E-state index is -0.982. The molecule has 0 aliphatic carbocycles. The molecule has 19 heavy (non-hydrogen) atoms. The molecule has 1 amide bonds. The molecule has 2 aromatic heterocycles. The molecule has 2 N–H and O–H groups in total. The van der Waals surface area contributed by atoms with E-state index in [-0.39, 0.29) is 10.8 Å². The van der Waals surface area contributed by atoms with Gasteiger partial charge < -0.3 is 5.11 Å². The number of carboxylic acid groups (broad SMARTS) is 1. The van der Waals surface area contributed by atoms with Gasteiger partial charge in [-0.05, 0) is 24.3 Å². The summed E-state index contributed by atoms with van der Waals surface area (Å²) >= 11 is 1.08. The van der Waals surface area contributed by atoms with Crippen LogP contribution in [0.15, 0.2) is 41.8 Å². The molecule has 96 valence electrons. The van der Waals surface area contributed by atoms with Gasteiger partial charge in [0.2, 0.25) is 0 Å². The molecule has 2 rings (SSSR count). The van der Waals surface area contributed by atoms with Crippen LogP contribution in [0.3, 0.4) is 0 Å². The summed E-state index contributed by atoms with van der Waals surface area (Å²) in [5.41, 5.74) is 2.74. The number of carbonyl (C=O) groups is 2.